The number of hydrogen-bond acceptors (Lipinski definition) is 5. The molecule has 0 fully saturated rings. The first-order valence-electron chi connectivity index (χ1n) is 8.07. The second-order valence-corrected chi connectivity index (χ2v) is 7.19. The molecule has 0 spiro atoms. The molecule has 1 aromatic heterocycles. The average Bonchev–Trinajstić information content (AvgIpc) is 3.07. The summed E-state index contributed by atoms with van der Waals surface area (Å²) in [6.07, 6.45) is 0. The number of thioether (sulfide) groups is 1. The number of aryl methyl sites for hydroxylation is 2. The quantitative estimate of drug-likeness (QED) is 0.663. The van der Waals surface area contributed by atoms with Gasteiger partial charge in [-0.05, 0) is 56.2 Å². The number of benzene rings is 2. The molecule has 0 aliphatic heterocycles. The van der Waals surface area contributed by atoms with Gasteiger partial charge in [0, 0.05) is 5.56 Å². The minimum Gasteiger partial charge on any atom is -0.411 e. The van der Waals surface area contributed by atoms with E-state index in [0.717, 1.165) is 22.9 Å². The highest BCUT2D eigenvalue weighted by Crippen LogP contribution is 2.27. The Balaban J connectivity index is 1.67. The van der Waals surface area contributed by atoms with Crippen molar-refractivity contribution in [3.63, 3.8) is 0 Å². The van der Waals surface area contributed by atoms with Crippen molar-refractivity contribution in [2.24, 2.45) is 0 Å². The topological polar surface area (TPSA) is 68.0 Å². The van der Waals surface area contributed by atoms with E-state index < -0.39 is 11.1 Å². The minimum absolute atomic E-state index is 0.145. The SMILES string of the molecule is Cc1ccc(-c2nnc(S[C@H](C)C(=O)Nc3ccccc3F)o2)cc1C. The first-order chi connectivity index (χ1) is 12.4. The predicted molar refractivity (Wildman–Crippen MR) is 99.6 cm³/mol. The third kappa shape index (κ3) is 4.11. The molecule has 26 heavy (non-hydrogen) atoms. The van der Waals surface area contributed by atoms with Gasteiger partial charge in [-0.3, -0.25) is 4.79 Å². The molecule has 0 bridgehead atoms. The van der Waals surface area contributed by atoms with Gasteiger partial charge in [0.05, 0.1) is 10.9 Å². The highest BCUT2D eigenvalue weighted by atomic mass is 32.2. The average molecular weight is 371 g/mol. The number of nitrogens with zero attached hydrogens (tertiary/aromatic N) is 2. The number of amides is 1. The van der Waals surface area contributed by atoms with Crippen molar-refractivity contribution in [3.8, 4) is 11.5 Å². The maximum atomic E-state index is 13.6. The van der Waals surface area contributed by atoms with Crippen LogP contribution in [0, 0.1) is 19.7 Å². The van der Waals surface area contributed by atoms with Crippen molar-refractivity contribution in [2.75, 3.05) is 5.32 Å². The van der Waals surface area contributed by atoms with Crippen molar-refractivity contribution >= 4 is 23.4 Å². The summed E-state index contributed by atoms with van der Waals surface area (Å²) < 4.78 is 19.3. The van der Waals surface area contributed by atoms with E-state index >= 15 is 0 Å². The van der Waals surface area contributed by atoms with Gasteiger partial charge in [0.15, 0.2) is 0 Å². The molecule has 3 aromatic rings. The van der Waals surface area contributed by atoms with Crippen LogP contribution in [0.3, 0.4) is 0 Å². The number of rotatable bonds is 5. The predicted octanol–water partition coefficient (Wildman–Crippen LogP) is 4.61. The van der Waals surface area contributed by atoms with Crippen molar-refractivity contribution < 1.29 is 13.6 Å². The van der Waals surface area contributed by atoms with Gasteiger partial charge in [-0.2, -0.15) is 0 Å². The van der Waals surface area contributed by atoms with E-state index in [-0.39, 0.29) is 16.8 Å². The third-order valence-electron chi connectivity index (χ3n) is 3.94. The summed E-state index contributed by atoms with van der Waals surface area (Å²) >= 11 is 1.12. The van der Waals surface area contributed by atoms with E-state index in [1.807, 2.05) is 32.0 Å². The van der Waals surface area contributed by atoms with Crippen LogP contribution in [0.5, 0.6) is 0 Å². The molecular formula is C19H18FN3O2S. The summed E-state index contributed by atoms with van der Waals surface area (Å²) in [4.78, 5) is 12.2. The zero-order chi connectivity index (χ0) is 18.7. The summed E-state index contributed by atoms with van der Waals surface area (Å²) in [6, 6.07) is 11.9. The second-order valence-electron chi connectivity index (χ2n) is 5.90. The van der Waals surface area contributed by atoms with Crippen LogP contribution in [0.15, 0.2) is 52.1 Å². The number of carbonyl (C=O) groups excluding carboxylic acids is 1. The van der Waals surface area contributed by atoms with E-state index in [9.17, 15) is 9.18 Å². The summed E-state index contributed by atoms with van der Waals surface area (Å²) in [7, 11) is 0. The first-order valence-corrected chi connectivity index (χ1v) is 8.95. The molecule has 134 valence electrons. The molecule has 7 heteroatoms. The van der Waals surface area contributed by atoms with Crippen LogP contribution in [-0.2, 0) is 4.79 Å². The molecule has 1 N–H and O–H groups in total. The normalized spacial score (nSPS) is 12.0. The zero-order valence-electron chi connectivity index (χ0n) is 14.6. The Kier molecular flexibility index (Phi) is 5.37. The van der Waals surface area contributed by atoms with Gasteiger partial charge in [-0.15, -0.1) is 10.2 Å². The molecule has 2 aromatic carbocycles. The fraction of sp³-hybridized carbons (Fsp3) is 0.211. The number of para-hydroxylation sites is 1. The highest BCUT2D eigenvalue weighted by Gasteiger charge is 2.20. The lowest BCUT2D eigenvalue weighted by Crippen LogP contribution is -2.22. The van der Waals surface area contributed by atoms with Gasteiger partial charge in [0.1, 0.15) is 5.82 Å². The van der Waals surface area contributed by atoms with Crippen molar-refractivity contribution in [1.29, 1.82) is 0 Å². The smallest absolute Gasteiger partial charge is 0.277 e. The summed E-state index contributed by atoms with van der Waals surface area (Å²) in [5.41, 5.74) is 3.29. The summed E-state index contributed by atoms with van der Waals surface area (Å²) in [5, 5.41) is 10.3. The maximum Gasteiger partial charge on any atom is 0.277 e. The molecule has 5 nitrogen and oxygen atoms in total. The number of anilines is 1. The molecule has 0 saturated carbocycles. The van der Waals surface area contributed by atoms with Crippen LogP contribution in [-0.4, -0.2) is 21.4 Å². The molecule has 1 amide bonds. The fourth-order valence-corrected chi connectivity index (χ4v) is 2.93. The largest absolute Gasteiger partial charge is 0.411 e. The molecule has 0 aliphatic rings. The maximum absolute atomic E-state index is 13.6. The lowest BCUT2D eigenvalue weighted by atomic mass is 10.1. The minimum atomic E-state index is -0.525. The Morgan fingerprint density at radius 1 is 1.15 bits per heavy atom. The van der Waals surface area contributed by atoms with Gasteiger partial charge < -0.3 is 9.73 Å². The molecule has 0 saturated heterocycles. The van der Waals surface area contributed by atoms with Gasteiger partial charge >= 0.3 is 0 Å². The van der Waals surface area contributed by atoms with E-state index in [1.165, 1.54) is 17.7 Å². The Morgan fingerprint density at radius 2 is 1.92 bits per heavy atom. The number of aromatic nitrogens is 2. The fourth-order valence-electron chi connectivity index (χ4n) is 2.25. The highest BCUT2D eigenvalue weighted by molar-refractivity contribution is 8.00. The zero-order valence-corrected chi connectivity index (χ0v) is 15.4. The number of halogens is 1. The first kappa shape index (κ1) is 18.1. The third-order valence-corrected chi connectivity index (χ3v) is 4.87. The van der Waals surface area contributed by atoms with Crippen LogP contribution in [0.1, 0.15) is 18.1 Å². The Labute approximate surface area is 155 Å². The van der Waals surface area contributed by atoms with Gasteiger partial charge in [0.2, 0.25) is 11.8 Å². The Bertz CT molecular complexity index is 942. The standard InChI is InChI=1S/C19H18FN3O2S/c1-11-8-9-14(10-12(11)2)18-22-23-19(25-18)26-13(3)17(24)21-16-7-5-4-6-15(16)20/h4-10,13H,1-3H3,(H,21,24)/t13-/m1/s1. The van der Waals surface area contributed by atoms with Crippen LogP contribution in [0.25, 0.3) is 11.5 Å². The van der Waals surface area contributed by atoms with E-state index in [0.29, 0.717) is 5.89 Å². The molecule has 0 unspecified atom stereocenters. The van der Waals surface area contributed by atoms with Crippen LogP contribution in [0.2, 0.25) is 0 Å². The van der Waals surface area contributed by atoms with Crippen LogP contribution >= 0.6 is 11.8 Å². The van der Waals surface area contributed by atoms with E-state index in [2.05, 4.69) is 15.5 Å². The number of hydrogen-bond donors (Lipinski definition) is 1. The second kappa shape index (κ2) is 7.70. The Hall–Kier alpha value is -2.67. The van der Waals surface area contributed by atoms with Crippen LogP contribution in [0.4, 0.5) is 10.1 Å². The van der Waals surface area contributed by atoms with E-state index in [1.54, 1.807) is 19.1 Å². The molecule has 0 radical (unpaired) electrons. The summed E-state index contributed by atoms with van der Waals surface area (Å²) in [5.74, 6) is -0.420. The monoisotopic (exact) mass is 371 g/mol. The Morgan fingerprint density at radius 3 is 2.65 bits per heavy atom. The van der Waals surface area contributed by atoms with Gasteiger partial charge in [-0.1, -0.05) is 30.0 Å². The lowest BCUT2D eigenvalue weighted by Gasteiger charge is -2.10. The number of nitrogens with one attached hydrogen (secondary N) is 1. The van der Waals surface area contributed by atoms with Gasteiger partial charge in [-0.25, -0.2) is 4.39 Å². The molecule has 0 aliphatic carbocycles. The molecular weight excluding hydrogens is 353 g/mol. The number of carbonyl (C=O) groups is 1. The van der Waals surface area contributed by atoms with E-state index in [4.69, 9.17) is 4.42 Å². The van der Waals surface area contributed by atoms with Crippen molar-refractivity contribution in [3.05, 3.63) is 59.4 Å². The van der Waals surface area contributed by atoms with Crippen molar-refractivity contribution in [2.45, 2.75) is 31.2 Å². The van der Waals surface area contributed by atoms with Gasteiger partial charge in [0.25, 0.3) is 5.22 Å². The lowest BCUT2D eigenvalue weighted by molar-refractivity contribution is -0.115. The summed E-state index contributed by atoms with van der Waals surface area (Å²) in [6.45, 7) is 5.74. The van der Waals surface area contributed by atoms with Crippen LogP contribution < -0.4 is 5.32 Å². The van der Waals surface area contributed by atoms with Crippen molar-refractivity contribution in [1.82, 2.24) is 10.2 Å². The molecule has 1 atom stereocenters. The molecule has 3 rings (SSSR count). The molecule has 1 heterocycles.